The molecule has 0 aliphatic carbocycles. The van der Waals surface area contributed by atoms with Gasteiger partial charge < -0.3 is 0 Å². The van der Waals surface area contributed by atoms with E-state index in [4.69, 9.17) is 0 Å². The van der Waals surface area contributed by atoms with Crippen molar-refractivity contribution in [2.45, 2.75) is 44.3 Å². The highest BCUT2D eigenvalue weighted by Gasteiger charge is 2.27. The normalized spacial score (nSPS) is 14.8. The Morgan fingerprint density at radius 1 is 1.12 bits per heavy atom. The van der Waals surface area contributed by atoms with Crippen LogP contribution in [0.5, 0.6) is 0 Å². The third-order valence-corrected chi connectivity index (χ3v) is 4.66. The molecule has 0 heterocycles. The Hall–Kier alpha value is -0.830. The van der Waals surface area contributed by atoms with E-state index in [2.05, 4.69) is 20.8 Å². The van der Waals surface area contributed by atoms with E-state index in [9.17, 15) is 8.42 Å². The predicted molar refractivity (Wildman–Crippen MR) is 67.2 cm³/mol. The summed E-state index contributed by atoms with van der Waals surface area (Å²) < 4.78 is 24.4. The first kappa shape index (κ1) is 13.2. The molecule has 0 radical (unpaired) electrons. The van der Waals surface area contributed by atoms with Gasteiger partial charge >= 0.3 is 0 Å². The summed E-state index contributed by atoms with van der Waals surface area (Å²) in [6.45, 7) is 7.96. The molecule has 0 amide bonds. The molecule has 2 nitrogen and oxygen atoms in total. The first-order chi connectivity index (χ1) is 7.23. The molecule has 0 spiro atoms. The molecule has 0 aromatic heterocycles. The van der Waals surface area contributed by atoms with E-state index in [1.165, 1.54) is 0 Å². The molecule has 0 fully saturated rings. The summed E-state index contributed by atoms with van der Waals surface area (Å²) in [5.41, 5.74) is 0.0290. The predicted octanol–water partition coefficient (Wildman–Crippen LogP) is 3.29. The van der Waals surface area contributed by atoms with Gasteiger partial charge in [-0.1, -0.05) is 39.0 Å². The molecule has 16 heavy (non-hydrogen) atoms. The van der Waals surface area contributed by atoms with E-state index >= 15 is 0 Å². The van der Waals surface area contributed by atoms with Crippen molar-refractivity contribution in [1.29, 1.82) is 0 Å². The highest BCUT2D eigenvalue weighted by Crippen LogP contribution is 2.27. The lowest BCUT2D eigenvalue weighted by Gasteiger charge is -2.23. The van der Waals surface area contributed by atoms with Crippen molar-refractivity contribution in [3.8, 4) is 0 Å². The third-order valence-electron chi connectivity index (χ3n) is 2.50. The summed E-state index contributed by atoms with van der Waals surface area (Å²) in [7, 11) is -3.17. The van der Waals surface area contributed by atoms with Crippen molar-refractivity contribution in [3.05, 3.63) is 30.3 Å². The van der Waals surface area contributed by atoms with Gasteiger partial charge in [-0.25, -0.2) is 8.42 Å². The van der Waals surface area contributed by atoms with Crippen LogP contribution in [0, 0.1) is 5.41 Å². The summed E-state index contributed by atoms with van der Waals surface area (Å²) in [5.74, 6) is 0. The van der Waals surface area contributed by atoms with Crippen LogP contribution in [-0.4, -0.2) is 13.7 Å². The van der Waals surface area contributed by atoms with Gasteiger partial charge in [-0.2, -0.15) is 0 Å². The molecule has 0 N–H and O–H groups in total. The quantitative estimate of drug-likeness (QED) is 0.812. The molecular formula is C13H20O2S. The summed E-state index contributed by atoms with van der Waals surface area (Å²) in [5, 5.41) is -0.338. The van der Waals surface area contributed by atoms with Gasteiger partial charge in [0.1, 0.15) is 0 Å². The monoisotopic (exact) mass is 240 g/mol. The van der Waals surface area contributed by atoms with Gasteiger partial charge in [0.05, 0.1) is 10.1 Å². The SMILES string of the molecule is CC(CC(C)(C)C)S(=O)(=O)c1ccccc1. The van der Waals surface area contributed by atoms with E-state index in [1.807, 2.05) is 6.07 Å². The van der Waals surface area contributed by atoms with Crippen molar-refractivity contribution in [3.63, 3.8) is 0 Å². The van der Waals surface area contributed by atoms with Crippen molar-refractivity contribution in [2.24, 2.45) is 5.41 Å². The number of hydrogen-bond donors (Lipinski definition) is 0. The summed E-state index contributed by atoms with van der Waals surface area (Å²) in [4.78, 5) is 0.423. The second-order valence-electron chi connectivity index (χ2n) is 5.43. The van der Waals surface area contributed by atoms with E-state index < -0.39 is 9.84 Å². The minimum Gasteiger partial charge on any atom is -0.223 e. The van der Waals surface area contributed by atoms with E-state index in [0.29, 0.717) is 11.3 Å². The maximum Gasteiger partial charge on any atom is 0.180 e. The smallest absolute Gasteiger partial charge is 0.180 e. The molecule has 0 bridgehead atoms. The molecule has 3 heteroatoms. The highest BCUT2D eigenvalue weighted by molar-refractivity contribution is 7.92. The Balaban J connectivity index is 2.96. The van der Waals surface area contributed by atoms with Gasteiger partial charge in [-0.15, -0.1) is 0 Å². The summed E-state index contributed by atoms with van der Waals surface area (Å²) >= 11 is 0. The molecule has 90 valence electrons. The fraction of sp³-hybridized carbons (Fsp3) is 0.538. The van der Waals surface area contributed by atoms with Crippen LogP contribution in [0.25, 0.3) is 0 Å². The standard InChI is InChI=1S/C13H20O2S/c1-11(10-13(2,3)4)16(14,15)12-8-6-5-7-9-12/h5-9,11H,10H2,1-4H3. The molecule has 0 saturated heterocycles. The zero-order valence-corrected chi connectivity index (χ0v) is 11.2. The molecule has 0 aliphatic rings. The van der Waals surface area contributed by atoms with Crippen LogP contribution in [0.2, 0.25) is 0 Å². The fourth-order valence-corrected chi connectivity index (χ4v) is 3.54. The number of sulfone groups is 1. The molecule has 1 atom stereocenters. The Morgan fingerprint density at radius 2 is 1.62 bits per heavy atom. The average molecular weight is 240 g/mol. The van der Waals surface area contributed by atoms with E-state index in [-0.39, 0.29) is 10.7 Å². The highest BCUT2D eigenvalue weighted by atomic mass is 32.2. The summed E-state index contributed by atoms with van der Waals surface area (Å²) in [6.07, 6.45) is 0.671. The average Bonchev–Trinajstić information content (AvgIpc) is 2.16. The molecule has 1 unspecified atom stereocenters. The van der Waals surface area contributed by atoms with Crippen LogP contribution < -0.4 is 0 Å². The Morgan fingerprint density at radius 3 is 2.06 bits per heavy atom. The van der Waals surface area contributed by atoms with Crippen molar-refractivity contribution in [2.75, 3.05) is 0 Å². The zero-order chi connectivity index (χ0) is 12.4. The lowest BCUT2D eigenvalue weighted by Crippen LogP contribution is -2.24. The minimum absolute atomic E-state index is 0.0290. The molecular weight excluding hydrogens is 220 g/mol. The number of hydrogen-bond acceptors (Lipinski definition) is 2. The lowest BCUT2D eigenvalue weighted by atomic mass is 9.91. The largest absolute Gasteiger partial charge is 0.223 e. The first-order valence-electron chi connectivity index (χ1n) is 5.52. The lowest BCUT2D eigenvalue weighted by molar-refractivity contribution is 0.371. The van der Waals surface area contributed by atoms with Crippen LogP contribution in [0.15, 0.2) is 35.2 Å². The van der Waals surface area contributed by atoms with Gasteiger partial charge in [0.15, 0.2) is 9.84 Å². The minimum atomic E-state index is -3.17. The Labute approximate surface area is 98.6 Å². The molecule has 1 aromatic carbocycles. The molecule has 1 aromatic rings. The molecule has 0 saturated carbocycles. The van der Waals surface area contributed by atoms with Crippen LogP contribution in [0.1, 0.15) is 34.1 Å². The molecule has 1 rings (SSSR count). The second-order valence-corrected chi connectivity index (χ2v) is 7.80. The Bertz CT molecular complexity index is 427. The van der Waals surface area contributed by atoms with E-state index in [0.717, 1.165) is 0 Å². The molecule has 0 aliphatic heterocycles. The van der Waals surface area contributed by atoms with Crippen LogP contribution in [-0.2, 0) is 9.84 Å². The number of rotatable bonds is 3. The Kier molecular flexibility index (Phi) is 3.79. The van der Waals surface area contributed by atoms with Crippen LogP contribution >= 0.6 is 0 Å². The van der Waals surface area contributed by atoms with Crippen molar-refractivity contribution < 1.29 is 8.42 Å². The van der Waals surface area contributed by atoms with Crippen LogP contribution in [0.3, 0.4) is 0 Å². The van der Waals surface area contributed by atoms with Gasteiger partial charge in [0.2, 0.25) is 0 Å². The number of benzene rings is 1. The topological polar surface area (TPSA) is 34.1 Å². The van der Waals surface area contributed by atoms with Gasteiger partial charge in [0, 0.05) is 0 Å². The maximum absolute atomic E-state index is 12.2. The maximum atomic E-state index is 12.2. The summed E-state index contributed by atoms with van der Waals surface area (Å²) in [6, 6.07) is 8.67. The van der Waals surface area contributed by atoms with Crippen molar-refractivity contribution >= 4 is 9.84 Å². The van der Waals surface area contributed by atoms with Crippen molar-refractivity contribution in [1.82, 2.24) is 0 Å². The van der Waals surface area contributed by atoms with Gasteiger partial charge in [-0.05, 0) is 30.9 Å². The van der Waals surface area contributed by atoms with E-state index in [1.54, 1.807) is 31.2 Å². The fourth-order valence-electron chi connectivity index (χ4n) is 1.81. The second kappa shape index (κ2) is 4.58. The van der Waals surface area contributed by atoms with Gasteiger partial charge in [-0.3, -0.25) is 0 Å². The zero-order valence-electron chi connectivity index (χ0n) is 10.4. The van der Waals surface area contributed by atoms with Crippen LogP contribution in [0.4, 0.5) is 0 Å². The third kappa shape index (κ3) is 3.34. The van der Waals surface area contributed by atoms with Gasteiger partial charge in [0.25, 0.3) is 0 Å². The first-order valence-corrected chi connectivity index (χ1v) is 7.07.